The van der Waals surface area contributed by atoms with Gasteiger partial charge in [0.25, 0.3) is 5.91 Å². The Bertz CT molecular complexity index is 1800. The summed E-state index contributed by atoms with van der Waals surface area (Å²) in [5.74, 6) is 0.718. The minimum absolute atomic E-state index is 0.200. The average molecular weight is 552 g/mol. The van der Waals surface area contributed by atoms with E-state index in [9.17, 15) is 4.79 Å². The maximum absolute atomic E-state index is 14.6. The van der Waals surface area contributed by atoms with E-state index in [4.69, 9.17) is 4.98 Å². The van der Waals surface area contributed by atoms with Crippen LogP contribution in [-0.4, -0.2) is 37.1 Å². The first-order valence-electron chi connectivity index (χ1n) is 14.0. The molecule has 1 amide bonds. The lowest BCUT2D eigenvalue weighted by Gasteiger charge is -2.30. The van der Waals surface area contributed by atoms with Gasteiger partial charge in [-0.2, -0.15) is 5.10 Å². The standard InChI is InChI=1S/C34H29N7O/c42-34(38-41(26-14-6-2-7-15-26)27-16-8-3-9-17-27)32-28-18-10-11-19-30(28)37-33(25-12-4-1-5-13-25)29(32)22-39-20-21-40-31(23-39)35-24-36-40/h1-19,24H,20-23H2,(H,38,42). The largest absolute Gasteiger partial charge is 0.290 e. The molecule has 0 saturated heterocycles. The maximum atomic E-state index is 14.6. The molecule has 1 aliphatic rings. The summed E-state index contributed by atoms with van der Waals surface area (Å²) in [6, 6.07) is 37.7. The molecule has 0 unspecified atom stereocenters. The second-order valence-electron chi connectivity index (χ2n) is 10.3. The van der Waals surface area contributed by atoms with Gasteiger partial charge in [-0.3, -0.25) is 20.1 Å². The monoisotopic (exact) mass is 551 g/mol. The molecule has 1 N–H and O–H groups in total. The minimum atomic E-state index is -0.200. The highest BCUT2D eigenvalue weighted by Gasteiger charge is 2.27. The van der Waals surface area contributed by atoms with Crippen LogP contribution in [0.1, 0.15) is 21.7 Å². The molecule has 3 heterocycles. The summed E-state index contributed by atoms with van der Waals surface area (Å²) in [4.78, 5) is 26.5. The van der Waals surface area contributed by atoms with Crippen molar-refractivity contribution in [1.29, 1.82) is 0 Å². The van der Waals surface area contributed by atoms with Crippen LogP contribution in [0, 0.1) is 0 Å². The fraction of sp³-hybridized carbons (Fsp3) is 0.118. The Morgan fingerprint density at radius 1 is 0.786 bits per heavy atom. The molecule has 0 atom stereocenters. The van der Waals surface area contributed by atoms with Gasteiger partial charge in [0.2, 0.25) is 0 Å². The number of amides is 1. The predicted molar refractivity (Wildman–Crippen MR) is 164 cm³/mol. The molecule has 6 aromatic rings. The molecule has 0 spiro atoms. The lowest BCUT2D eigenvalue weighted by molar-refractivity contribution is 0.0952. The molecule has 0 aliphatic carbocycles. The summed E-state index contributed by atoms with van der Waals surface area (Å²) in [7, 11) is 0. The van der Waals surface area contributed by atoms with Gasteiger partial charge in [0, 0.05) is 29.6 Å². The van der Waals surface area contributed by atoms with Gasteiger partial charge in [-0.25, -0.2) is 14.6 Å². The molecular weight excluding hydrogens is 522 g/mol. The van der Waals surface area contributed by atoms with Crippen molar-refractivity contribution in [2.45, 2.75) is 19.6 Å². The summed E-state index contributed by atoms with van der Waals surface area (Å²) in [6.45, 7) is 2.71. The van der Waals surface area contributed by atoms with Crippen LogP contribution in [-0.2, 0) is 19.6 Å². The first-order chi connectivity index (χ1) is 20.7. The third kappa shape index (κ3) is 5.00. The van der Waals surface area contributed by atoms with Gasteiger partial charge in [-0.05, 0) is 30.3 Å². The van der Waals surface area contributed by atoms with Crippen molar-refractivity contribution in [3.05, 3.63) is 139 Å². The van der Waals surface area contributed by atoms with Crippen LogP contribution in [0.25, 0.3) is 22.2 Å². The number of aromatic nitrogens is 4. The molecular formula is C34H29N7O. The molecule has 7 rings (SSSR count). The molecule has 42 heavy (non-hydrogen) atoms. The number of fused-ring (bicyclic) bond motifs is 2. The van der Waals surface area contributed by atoms with Crippen molar-refractivity contribution >= 4 is 28.2 Å². The topological polar surface area (TPSA) is 79.2 Å². The highest BCUT2D eigenvalue weighted by Crippen LogP contribution is 2.33. The van der Waals surface area contributed by atoms with Crippen LogP contribution in [0.5, 0.6) is 0 Å². The first-order valence-corrected chi connectivity index (χ1v) is 14.0. The highest BCUT2D eigenvalue weighted by molar-refractivity contribution is 6.09. The maximum Gasteiger partial charge on any atom is 0.271 e. The van der Waals surface area contributed by atoms with Crippen LogP contribution in [0.3, 0.4) is 0 Å². The Labute approximate surface area is 243 Å². The quantitative estimate of drug-likeness (QED) is 0.246. The van der Waals surface area contributed by atoms with Gasteiger partial charge in [0.1, 0.15) is 12.2 Å². The summed E-state index contributed by atoms with van der Waals surface area (Å²) in [5, 5.41) is 6.99. The number of pyridine rings is 1. The highest BCUT2D eigenvalue weighted by atomic mass is 16.2. The van der Waals surface area contributed by atoms with Crippen molar-refractivity contribution in [2.24, 2.45) is 0 Å². The molecule has 2 aromatic heterocycles. The molecule has 1 aliphatic heterocycles. The number of hydrogen-bond acceptors (Lipinski definition) is 6. The second-order valence-corrected chi connectivity index (χ2v) is 10.3. The Morgan fingerprint density at radius 3 is 2.14 bits per heavy atom. The Morgan fingerprint density at radius 2 is 1.43 bits per heavy atom. The number of nitrogens with zero attached hydrogens (tertiary/aromatic N) is 6. The summed E-state index contributed by atoms with van der Waals surface area (Å²) < 4.78 is 1.94. The molecule has 0 radical (unpaired) electrons. The summed E-state index contributed by atoms with van der Waals surface area (Å²) in [6.07, 6.45) is 1.60. The van der Waals surface area contributed by atoms with Gasteiger partial charge in [-0.1, -0.05) is 84.9 Å². The summed E-state index contributed by atoms with van der Waals surface area (Å²) >= 11 is 0. The number of para-hydroxylation sites is 3. The van der Waals surface area contributed by atoms with Crippen molar-refractivity contribution in [1.82, 2.24) is 30.1 Å². The van der Waals surface area contributed by atoms with Crippen LogP contribution in [0.4, 0.5) is 11.4 Å². The minimum Gasteiger partial charge on any atom is -0.290 e. The van der Waals surface area contributed by atoms with E-state index in [-0.39, 0.29) is 5.91 Å². The van der Waals surface area contributed by atoms with Gasteiger partial charge >= 0.3 is 0 Å². The zero-order valence-electron chi connectivity index (χ0n) is 23.0. The zero-order valence-corrected chi connectivity index (χ0v) is 23.0. The van der Waals surface area contributed by atoms with Gasteiger partial charge in [0.15, 0.2) is 0 Å². The Balaban J connectivity index is 1.37. The molecule has 0 bridgehead atoms. The van der Waals surface area contributed by atoms with E-state index in [1.807, 2.05) is 113 Å². The van der Waals surface area contributed by atoms with Crippen molar-refractivity contribution in [3.8, 4) is 11.3 Å². The molecule has 0 fully saturated rings. The van der Waals surface area contributed by atoms with Gasteiger partial charge < -0.3 is 0 Å². The van der Waals surface area contributed by atoms with Crippen LogP contribution >= 0.6 is 0 Å². The van der Waals surface area contributed by atoms with E-state index >= 15 is 0 Å². The van der Waals surface area contributed by atoms with E-state index < -0.39 is 0 Å². The third-order valence-electron chi connectivity index (χ3n) is 7.58. The third-order valence-corrected chi connectivity index (χ3v) is 7.58. The SMILES string of the molecule is O=C(NN(c1ccccc1)c1ccccc1)c1c(CN2CCn3ncnc3C2)c(-c2ccccc2)nc2ccccc12. The number of carbonyl (C=O) groups is 1. The Kier molecular flexibility index (Phi) is 6.87. The predicted octanol–water partition coefficient (Wildman–Crippen LogP) is 5.99. The zero-order chi connectivity index (χ0) is 28.3. The number of anilines is 2. The molecule has 8 heteroatoms. The van der Waals surface area contributed by atoms with Crippen molar-refractivity contribution in [2.75, 3.05) is 11.6 Å². The number of hydrazine groups is 1. The molecule has 0 saturated carbocycles. The normalized spacial score (nSPS) is 13.0. The lowest BCUT2D eigenvalue weighted by Crippen LogP contribution is -2.40. The number of benzene rings is 4. The van der Waals surface area contributed by atoms with E-state index in [1.165, 1.54) is 0 Å². The fourth-order valence-electron chi connectivity index (χ4n) is 5.56. The van der Waals surface area contributed by atoms with Gasteiger partial charge in [0.05, 0.1) is 41.2 Å². The molecule has 206 valence electrons. The van der Waals surface area contributed by atoms with Crippen molar-refractivity contribution < 1.29 is 4.79 Å². The van der Waals surface area contributed by atoms with E-state index in [2.05, 4.69) is 32.5 Å². The Hall–Kier alpha value is -5.34. The fourth-order valence-corrected chi connectivity index (χ4v) is 5.56. The summed E-state index contributed by atoms with van der Waals surface area (Å²) in [5.41, 5.74) is 9.00. The molecule has 4 aromatic carbocycles. The number of carbonyl (C=O) groups excluding carboxylic acids is 1. The van der Waals surface area contributed by atoms with E-state index in [0.717, 1.165) is 58.0 Å². The van der Waals surface area contributed by atoms with E-state index in [1.54, 1.807) is 6.33 Å². The number of hydrogen-bond donors (Lipinski definition) is 1. The van der Waals surface area contributed by atoms with Gasteiger partial charge in [-0.15, -0.1) is 0 Å². The van der Waals surface area contributed by atoms with Crippen LogP contribution in [0.15, 0.2) is 122 Å². The van der Waals surface area contributed by atoms with E-state index in [0.29, 0.717) is 18.7 Å². The molecule has 8 nitrogen and oxygen atoms in total. The van der Waals surface area contributed by atoms with Crippen molar-refractivity contribution in [3.63, 3.8) is 0 Å². The van der Waals surface area contributed by atoms with Crippen LogP contribution < -0.4 is 10.4 Å². The smallest absolute Gasteiger partial charge is 0.271 e. The average Bonchev–Trinajstić information content (AvgIpc) is 3.52. The lowest BCUT2D eigenvalue weighted by atomic mass is 9.95. The number of nitrogens with one attached hydrogen (secondary N) is 1. The number of rotatable bonds is 7. The van der Waals surface area contributed by atoms with Crippen LogP contribution in [0.2, 0.25) is 0 Å². The second kappa shape index (κ2) is 11.3. The first kappa shape index (κ1) is 25.6.